The minimum absolute atomic E-state index is 0.00651. The number of phenols is 2. The number of carbonyl (C=O) groups is 3. The van der Waals surface area contributed by atoms with Gasteiger partial charge in [0.25, 0.3) is 0 Å². The van der Waals surface area contributed by atoms with Gasteiger partial charge in [-0.05, 0) is 57.7 Å². The molecule has 2 aromatic rings. The van der Waals surface area contributed by atoms with Crippen LogP contribution in [-0.4, -0.2) is 85.4 Å². The SMILES string of the molecule is CN(C)CCNc1ccc(O)c2c1C(=O)c1c(O)ccc(NCCNC(=O)C3CCCN3)c1C2=O. The molecule has 1 aliphatic heterocycles. The van der Waals surface area contributed by atoms with Gasteiger partial charge in [-0.2, -0.15) is 0 Å². The van der Waals surface area contributed by atoms with Crippen LogP contribution in [-0.2, 0) is 4.79 Å². The second-order valence-electron chi connectivity index (χ2n) is 9.02. The highest BCUT2D eigenvalue weighted by atomic mass is 16.3. The third-order valence-corrected chi connectivity index (χ3v) is 6.27. The minimum Gasteiger partial charge on any atom is -0.507 e. The van der Waals surface area contributed by atoms with E-state index in [1.54, 1.807) is 6.07 Å². The van der Waals surface area contributed by atoms with Gasteiger partial charge < -0.3 is 36.4 Å². The van der Waals surface area contributed by atoms with Gasteiger partial charge in [0, 0.05) is 37.6 Å². The molecule has 1 heterocycles. The summed E-state index contributed by atoms with van der Waals surface area (Å²) in [5, 5.41) is 33.2. The van der Waals surface area contributed by atoms with E-state index in [1.807, 2.05) is 19.0 Å². The topological polar surface area (TPSA) is 143 Å². The van der Waals surface area contributed by atoms with Crippen molar-refractivity contribution in [3.8, 4) is 11.5 Å². The molecule has 0 spiro atoms. The Morgan fingerprint density at radius 1 is 0.914 bits per heavy atom. The summed E-state index contributed by atoms with van der Waals surface area (Å²) in [4.78, 5) is 41.2. The number of benzene rings is 2. The number of rotatable bonds is 9. The van der Waals surface area contributed by atoms with Crippen LogP contribution < -0.4 is 21.3 Å². The van der Waals surface area contributed by atoms with E-state index in [2.05, 4.69) is 21.3 Å². The maximum atomic E-state index is 13.5. The van der Waals surface area contributed by atoms with Crippen LogP contribution in [0.4, 0.5) is 11.4 Å². The Morgan fingerprint density at radius 3 is 2.00 bits per heavy atom. The van der Waals surface area contributed by atoms with Gasteiger partial charge in [-0.15, -0.1) is 0 Å². The molecule has 6 N–H and O–H groups in total. The first-order valence-electron chi connectivity index (χ1n) is 11.7. The number of carbonyl (C=O) groups excluding carboxylic acids is 3. The van der Waals surface area contributed by atoms with E-state index in [1.165, 1.54) is 18.2 Å². The molecule has 1 fully saturated rings. The zero-order valence-corrected chi connectivity index (χ0v) is 19.9. The molecule has 1 amide bonds. The average molecular weight is 482 g/mol. The Hall–Kier alpha value is -3.63. The zero-order valence-electron chi connectivity index (χ0n) is 19.9. The Labute approximate surface area is 203 Å². The van der Waals surface area contributed by atoms with Crippen LogP contribution >= 0.6 is 0 Å². The van der Waals surface area contributed by atoms with Gasteiger partial charge in [-0.25, -0.2) is 0 Å². The number of anilines is 2. The van der Waals surface area contributed by atoms with E-state index in [0.29, 0.717) is 37.6 Å². The van der Waals surface area contributed by atoms with Gasteiger partial charge in [-0.3, -0.25) is 14.4 Å². The van der Waals surface area contributed by atoms with Crippen LogP contribution in [0.1, 0.15) is 44.7 Å². The van der Waals surface area contributed by atoms with Crippen LogP contribution in [0.15, 0.2) is 24.3 Å². The third kappa shape index (κ3) is 4.94. The third-order valence-electron chi connectivity index (χ3n) is 6.27. The standard InChI is InChI=1S/C25H31N5O5/c1-30(2)13-12-28-15-6-8-18(32)22-20(15)24(34)21-17(31)7-5-14(19(21)23(22)33)27-10-11-29-25(35)16-4-3-9-26-16/h5-8,16,26-28,31-32H,3-4,9-13H2,1-2H3,(H,29,35). The van der Waals surface area contributed by atoms with E-state index in [-0.39, 0.29) is 45.7 Å². The Morgan fingerprint density at radius 2 is 1.49 bits per heavy atom. The van der Waals surface area contributed by atoms with Crippen LogP contribution in [0.5, 0.6) is 11.5 Å². The minimum atomic E-state index is -0.555. The first kappa shape index (κ1) is 24.5. The summed E-state index contributed by atoms with van der Waals surface area (Å²) in [7, 11) is 3.84. The van der Waals surface area contributed by atoms with Crippen LogP contribution in [0.3, 0.4) is 0 Å². The number of amides is 1. The summed E-state index contributed by atoms with van der Waals surface area (Å²) in [6.07, 6.45) is 1.77. The smallest absolute Gasteiger partial charge is 0.237 e. The number of ketones is 2. The Kier molecular flexibility index (Phi) is 7.23. The van der Waals surface area contributed by atoms with Crippen molar-refractivity contribution >= 4 is 28.8 Å². The molecule has 2 aromatic carbocycles. The van der Waals surface area contributed by atoms with Crippen LogP contribution in [0.25, 0.3) is 0 Å². The highest BCUT2D eigenvalue weighted by molar-refractivity contribution is 6.33. The monoisotopic (exact) mass is 481 g/mol. The molecule has 0 aromatic heterocycles. The zero-order chi connectivity index (χ0) is 25.1. The number of aromatic hydroxyl groups is 2. The summed E-state index contributed by atoms with van der Waals surface area (Å²) < 4.78 is 0. The second kappa shape index (κ2) is 10.3. The number of hydrogen-bond donors (Lipinski definition) is 6. The Bertz CT molecular complexity index is 1160. The van der Waals surface area contributed by atoms with Crippen molar-refractivity contribution in [3.05, 3.63) is 46.5 Å². The molecule has 0 bridgehead atoms. The molecule has 2 aliphatic rings. The van der Waals surface area contributed by atoms with Gasteiger partial charge in [0.15, 0.2) is 0 Å². The quantitative estimate of drug-likeness (QED) is 0.196. The summed E-state index contributed by atoms with van der Waals surface area (Å²) in [5.74, 6) is -1.78. The molecule has 1 unspecified atom stereocenters. The van der Waals surface area contributed by atoms with Crippen molar-refractivity contribution < 1.29 is 24.6 Å². The van der Waals surface area contributed by atoms with Gasteiger partial charge in [0.2, 0.25) is 17.5 Å². The van der Waals surface area contributed by atoms with E-state index < -0.39 is 11.6 Å². The first-order valence-corrected chi connectivity index (χ1v) is 11.7. The number of likely N-dealkylation sites (N-methyl/N-ethyl adjacent to an activating group) is 1. The van der Waals surface area contributed by atoms with E-state index >= 15 is 0 Å². The highest BCUT2D eigenvalue weighted by Gasteiger charge is 2.38. The molecule has 1 aliphatic carbocycles. The summed E-state index contributed by atoms with van der Waals surface area (Å²) in [6, 6.07) is 5.63. The summed E-state index contributed by atoms with van der Waals surface area (Å²) >= 11 is 0. The van der Waals surface area contributed by atoms with Crippen molar-refractivity contribution in [1.29, 1.82) is 0 Å². The molecule has 186 valence electrons. The first-order chi connectivity index (χ1) is 16.8. The molecular formula is C25H31N5O5. The van der Waals surface area contributed by atoms with Crippen molar-refractivity contribution in [2.75, 3.05) is 57.5 Å². The van der Waals surface area contributed by atoms with Crippen LogP contribution in [0, 0.1) is 0 Å². The van der Waals surface area contributed by atoms with Crippen molar-refractivity contribution in [2.24, 2.45) is 0 Å². The lowest BCUT2D eigenvalue weighted by Crippen LogP contribution is -2.42. The fourth-order valence-electron chi connectivity index (χ4n) is 4.49. The average Bonchev–Trinajstić information content (AvgIpc) is 3.36. The van der Waals surface area contributed by atoms with Gasteiger partial charge in [-0.1, -0.05) is 0 Å². The van der Waals surface area contributed by atoms with E-state index in [9.17, 15) is 24.6 Å². The van der Waals surface area contributed by atoms with E-state index in [0.717, 1.165) is 19.4 Å². The number of hydrogen-bond acceptors (Lipinski definition) is 9. The largest absolute Gasteiger partial charge is 0.507 e. The maximum Gasteiger partial charge on any atom is 0.237 e. The fourth-order valence-corrected chi connectivity index (χ4v) is 4.49. The molecule has 1 atom stereocenters. The highest BCUT2D eigenvalue weighted by Crippen LogP contribution is 2.42. The molecule has 0 radical (unpaired) electrons. The predicted molar refractivity (Wildman–Crippen MR) is 133 cm³/mol. The number of fused-ring (bicyclic) bond motifs is 2. The fraction of sp³-hybridized carbons (Fsp3) is 0.400. The molecule has 4 rings (SSSR count). The number of nitrogens with one attached hydrogen (secondary N) is 4. The number of phenolic OH excluding ortho intramolecular Hbond substituents is 2. The number of nitrogens with zero attached hydrogens (tertiary/aromatic N) is 1. The Balaban J connectivity index is 1.57. The van der Waals surface area contributed by atoms with Gasteiger partial charge in [0.1, 0.15) is 11.5 Å². The summed E-state index contributed by atoms with van der Waals surface area (Å²) in [6.45, 7) is 2.67. The van der Waals surface area contributed by atoms with Gasteiger partial charge >= 0.3 is 0 Å². The van der Waals surface area contributed by atoms with Gasteiger partial charge in [0.05, 0.1) is 28.3 Å². The summed E-state index contributed by atoms with van der Waals surface area (Å²) in [5.41, 5.74) is 0.627. The van der Waals surface area contributed by atoms with Crippen molar-refractivity contribution in [2.45, 2.75) is 18.9 Å². The predicted octanol–water partition coefficient (Wildman–Crippen LogP) is 1.13. The second-order valence-corrected chi connectivity index (χ2v) is 9.02. The lowest BCUT2D eigenvalue weighted by molar-refractivity contribution is -0.122. The maximum absolute atomic E-state index is 13.5. The van der Waals surface area contributed by atoms with Crippen LogP contribution in [0.2, 0.25) is 0 Å². The van der Waals surface area contributed by atoms with E-state index in [4.69, 9.17) is 0 Å². The normalized spacial score (nSPS) is 16.7. The molecule has 35 heavy (non-hydrogen) atoms. The lowest BCUT2D eigenvalue weighted by Gasteiger charge is -2.25. The molecular weight excluding hydrogens is 450 g/mol. The van der Waals surface area contributed by atoms with Crippen molar-refractivity contribution in [3.63, 3.8) is 0 Å². The van der Waals surface area contributed by atoms with Crippen molar-refractivity contribution in [1.82, 2.24) is 15.5 Å². The molecule has 10 heteroatoms. The molecule has 1 saturated heterocycles. The lowest BCUT2D eigenvalue weighted by atomic mass is 9.81. The molecule has 0 saturated carbocycles. The molecule has 10 nitrogen and oxygen atoms in total.